The van der Waals surface area contributed by atoms with E-state index in [0.29, 0.717) is 6.54 Å². The predicted molar refractivity (Wildman–Crippen MR) is 97.3 cm³/mol. The third-order valence-electron chi connectivity index (χ3n) is 3.01. The molecule has 100 valence electrons. The van der Waals surface area contributed by atoms with Crippen molar-refractivity contribution < 1.29 is 0 Å². The first-order chi connectivity index (χ1) is 9.63. The SMILES string of the molecule is S=C1CN=C(c2ccc(Cl)cc2)c2cc(I)ccc2N1. The van der Waals surface area contributed by atoms with Crippen LogP contribution in [0.3, 0.4) is 0 Å². The molecule has 20 heavy (non-hydrogen) atoms. The maximum atomic E-state index is 5.96. The largest absolute Gasteiger partial charge is 0.348 e. The fourth-order valence-corrected chi connectivity index (χ4v) is 2.89. The molecule has 1 heterocycles. The second kappa shape index (κ2) is 5.79. The van der Waals surface area contributed by atoms with E-state index in [1.807, 2.05) is 30.3 Å². The Morgan fingerprint density at radius 3 is 2.65 bits per heavy atom. The minimum absolute atomic E-state index is 0.499. The van der Waals surface area contributed by atoms with Crippen molar-refractivity contribution in [2.24, 2.45) is 4.99 Å². The zero-order chi connectivity index (χ0) is 14.1. The Morgan fingerprint density at radius 2 is 1.90 bits per heavy atom. The number of benzene rings is 2. The van der Waals surface area contributed by atoms with Gasteiger partial charge in [-0.15, -0.1) is 0 Å². The van der Waals surface area contributed by atoms with Crippen molar-refractivity contribution in [3.05, 3.63) is 62.2 Å². The normalized spacial score (nSPS) is 14.1. The minimum Gasteiger partial charge on any atom is -0.348 e. The van der Waals surface area contributed by atoms with Crippen LogP contribution in [-0.4, -0.2) is 17.2 Å². The fraction of sp³-hybridized carbons (Fsp3) is 0.0667. The average molecular weight is 413 g/mol. The van der Waals surface area contributed by atoms with Gasteiger partial charge in [0.05, 0.1) is 12.3 Å². The number of halogens is 2. The number of thiocarbonyl (C=S) groups is 1. The van der Waals surface area contributed by atoms with Crippen LogP contribution in [-0.2, 0) is 0 Å². The number of hydrogen-bond acceptors (Lipinski definition) is 2. The molecule has 0 spiro atoms. The lowest BCUT2D eigenvalue weighted by molar-refractivity contribution is 1.31. The van der Waals surface area contributed by atoms with Gasteiger partial charge in [-0.25, -0.2) is 0 Å². The van der Waals surface area contributed by atoms with Crippen LogP contribution in [0, 0.1) is 3.57 Å². The van der Waals surface area contributed by atoms with Crippen molar-refractivity contribution in [3.63, 3.8) is 0 Å². The van der Waals surface area contributed by atoms with Gasteiger partial charge in [-0.2, -0.15) is 0 Å². The van der Waals surface area contributed by atoms with E-state index in [-0.39, 0.29) is 0 Å². The van der Waals surface area contributed by atoms with E-state index in [9.17, 15) is 0 Å². The Bertz CT molecular complexity index is 710. The molecule has 0 saturated carbocycles. The molecular formula is C15H10ClIN2S. The highest BCUT2D eigenvalue weighted by molar-refractivity contribution is 14.1. The van der Waals surface area contributed by atoms with Crippen LogP contribution < -0.4 is 5.32 Å². The molecule has 1 aliphatic heterocycles. The van der Waals surface area contributed by atoms with E-state index in [0.717, 1.165) is 36.1 Å². The van der Waals surface area contributed by atoms with Gasteiger partial charge in [-0.05, 0) is 52.9 Å². The van der Waals surface area contributed by atoms with Crippen molar-refractivity contribution in [1.82, 2.24) is 0 Å². The second-order valence-electron chi connectivity index (χ2n) is 4.41. The summed E-state index contributed by atoms with van der Waals surface area (Å²) >= 11 is 13.5. The molecule has 0 atom stereocenters. The number of benzodiazepines with no additional fused rings is 1. The van der Waals surface area contributed by atoms with Gasteiger partial charge in [-0.3, -0.25) is 4.99 Å². The summed E-state index contributed by atoms with van der Waals surface area (Å²) in [5, 5.41) is 3.97. The Morgan fingerprint density at radius 1 is 1.15 bits per heavy atom. The van der Waals surface area contributed by atoms with Gasteiger partial charge in [0.15, 0.2) is 0 Å². The zero-order valence-corrected chi connectivity index (χ0v) is 14.1. The third-order valence-corrected chi connectivity index (χ3v) is 4.16. The Balaban J connectivity index is 2.17. The summed E-state index contributed by atoms with van der Waals surface area (Å²) in [5.41, 5.74) is 4.06. The molecule has 0 amide bonds. The molecule has 2 aromatic rings. The Hall–Kier alpha value is -0.980. The summed E-state index contributed by atoms with van der Waals surface area (Å²) in [6.45, 7) is 0.499. The average Bonchev–Trinajstić information content (AvgIpc) is 2.58. The molecule has 1 N–H and O–H groups in total. The number of nitrogens with one attached hydrogen (secondary N) is 1. The van der Waals surface area contributed by atoms with Crippen LogP contribution in [0.2, 0.25) is 5.02 Å². The topological polar surface area (TPSA) is 24.4 Å². The molecule has 1 aliphatic rings. The minimum atomic E-state index is 0.499. The molecule has 0 unspecified atom stereocenters. The van der Waals surface area contributed by atoms with Crippen molar-refractivity contribution in [2.45, 2.75) is 0 Å². The zero-order valence-electron chi connectivity index (χ0n) is 10.4. The lowest BCUT2D eigenvalue weighted by atomic mass is 10.0. The molecule has 2 aromatic carbocycles. The van der Waals surface area contributed by atoms with Gasteiger partial charge < -0.3 is 5.32 Å². The molecule has 2 nitrogen and oxygen atoms in total. The molecule has 5 heteroatoms. The Labute approximate surface area is 141 Å². The lowest BCUT2D eigenvalue weighted by Gasteiger charge is -2.11. The highest BCUT2D eigenvalue weighted by atomic mass is 127. The number of rotatable bonds is 1. The van der Waals surface area contributed by atoms with Crippen LogP contribution in [0.1, 0.15) is 11.1 Å². The molecule has 0 aliphatic carbocycles. The van der Waals surface area contributed by atoms with Gasteiger partial charge in [0.1, 0.15) is 4.99 Å². The van der Waals surface area contributed by atoms with Crippen molar-refractivity contribution >= 4 is 62.8 Å². The van der Waals surface area contributed by atoms with Gasteiger partial charge in [0.25, 0.3) is 0 Å². The predicted octanol–water partition coefficient (Wildman–Crippen LogP) is 4.53. The van der Waals surface area contributed by atoms with Crippen LogP contribution in [0.25, 0.3) is 0 Å². The molecule has 0 fully saturated rings. The smallest absolute Gasteiger partial charge is 0.102 e. The summed E-state index contributed by atoms with van der Waals surface area (Å²) in [6, 6.07) is 13.9. The van der Waals surface area contributed by atoms with E-state index in [2.05, 4.69) is 45.0 Å². The highest BCUT2D eigenvalue weighted by Crippen LogP contribution is 2.25. The molecule has 0 aromatic heterocycles. The monoisotopic (exact) mass is 412 g/mol. The number of fused-ring (bicyclic) bond motifs is 1. The standard InChI is InChI=1S/C15H10ClIN2S/c16-10-3-1-9(2-4-10)15-12-7-11(17)5-6-13(12)19-14(20)8-18-15/h1-7H,8H2,(H,19,20). The van der Waals surface area contributed by atoms with Gasteiger partial charge in [-0.1, -0.05) is 36.0 Å². The molecule has 0 radical (unpaired) electrons. The molecule has 0 saturated heterocycles. The van der Waals surface area contributed by atoms with E-state index < -0.39 is 0 Å². The maximum absolute atomic E-state index is 5.96. The maximum Gasteiger partial charge on any atom is 0.102 e. The summed E-state index contributed by atoms with van der Waals surface area (Å²) < 4.78 is 1.16. The van der Waals surface area contributed by atoms with E-state index in [1.54, 1.807) is 0 Å². The first-order valence-electron chi connectivity index (χ1n) is 6.03. The highest BCUT2D eigenvalue weighted by Gasteiger charge is 2.16. The second-order valence-corrected chi connectivity index (χ2v) is 6.58. The summed E-state index contributed by atoms with van der Waals surface area (Å²) in [5.74, 6) is 0. The summed E-state index contributed by atoms with van der Waals surface area (Å²) in [7, 11) is 0. The van der Waals surface area contributed by atoms with Crippen LogP contribution in [0.4, 0.5) is 5.69 Å². The van der Waals surface area contributed by atoms with Crippen molar-refractivity contribution in [2.75, 3.05) is 11.9 Å². The summed E-state index contributed by atoms with van der Waals surface area (Å²) in [6.07, 6.45) is 0. The first kappa shape index (κ1) is 14.0. The molecule has 0 bridgehead atoms. The van der Waals surface area contributed by atoms with Crippen LogP contribution in [0.5, 0.6) is 0 Å². The summed E-state index contributed by atoms with van der Waals surface area (Å²) in [4.78, 5) is 5.39. The molecule has 3 rings (SSSR count). The van der Waals surface area contributed by atoms with Crippen molar-refractivity contribution in [1.29, 1.82) is 0 Å². The van der Waals surface area contributed by atoms with Gasteiger partial charge in [0, 0.05) is 25.4 Å². The lowest BCUT2D eigenvalue weighted by Crippen LogP contribution is -2.11. The van der Waals surface area contributed by atoms with E-state index >= 15 is 0 Å². The quantitative estimate of drug-likeness (QED) is 0.549. The number of nitrogens with zero attached hydrogens (tertiary/aromatic N) is 1. The van der Waals surface area contributed by atoms with E-state index in [4.69, 9.17) is 23.8 Å². The van der Waals surface area contributed by atoms with E-state index in [1.165, 1.54) is 0 Å². The number of anilines is 1. The Kier molecular flexibility index (Phi) is 4.05. The molecular weight excluding hydrogens is 403 g/mol. The van der Waals surface area contributed by atoms with Crippen LogP contribution in [0.15, 0.2) is 47.5 Å². The van der Waals surface area contributed by atoms with Crippen LogP contribution >= 0.6 is 46.4 Å². The fourth-order valence-electron chi connectivity index (χ4n) is 2.10. The van der Waals surface area contributed by atoms with Crippen molar-refractivity contribution in [3.8, 4) is 0 Å². The first-order valence-corrected chi connectivity index (χ1v) is 7.90. The van der Waals surface area contributed by atoms with Gasteiger partial charge >= 0.3 is 0 Å². The number of hydrogen-bond donors (Lipinski definition) is 1. The van der Waals surface area contributed by atoms with Gasteiger partial charge in [0.2, 0.25) is 0 Å². The third kappa shape index (κ3) is 2.87. The number of aliphatic imine (C=N–C) groups is 1.